The molecule has 0 amide bonds. The second-order valence-corrected chi connectivity index (χ2v) is 4.74. The smallest absolute Gasteiger partial charge is 0.239 e. The number of nitriles is 1. The number of primary sulfonamides is 1. The molecule has 5 nitrogen and oxygen atoms in total. The summed E-state index contributed by atoms with van der Waals surface area (Å²) >= 11 is 0. The Kier molecular flexibility index (Phi) is 4.57. The number of hydrogen-bond donors (Lipinski definition) is 1. The van der Waals surface area contributed by atoms with Gasteiger partial charge >= 0.3 is 0 Å². The lowest BCUT2D eigenvalue weighted by Gasteiger charge is -2.07. The number of ether oxygens (including phenoxy) is 1. The number of rotatable bonds is 5. The van der Waals surface area contributed by atoms with E-state index in [0.717, 1.165) is 0 Å². The molecular weight excluding hydrogens is 247 g/mol. The molecule has 7 heteroatoms. The highest BCUT2D eigenvalue weighted by molar-refractivity contribution is 7.89. The Morgan fingerprint density at radius 3 is 2.71 bits per heavy atom. The molecule has 0 aromatic heterocycles. The van der Waals surface area contributed by atoms with E-state index in [-0.39, 0.29) is 23.5 Å². The summed E-state index contributed by atoms with van der Waals surface area (Å²) in [4.78, 5) is -0.224. The minimum atomic E-state index is -3.94. The van der Waals surface area contributed by atoms with E-state index in [1.165, 1.54) is 12.1 Å². The Morgan fingerprint density at radius 2 is 2.18 bits per heavy atom. The maximum atomic E-state index is 11.7. The van der Waals surface area contributed by atoms with Crippen LogP contribution in [0.5, 0.6) is 0 Å². The zero-order valence-corrected chi connectivity index (χ0v) is 9.71. The van der Waals surface area contributed by atoms with Gasteiger partial charge in [-0.05, 0) is 18.1 Å². The van der Waals surface area contributed by atoms with Crippen LogP contribution in [-0.2, 0) is 21.2 Å². The van der Waals surface area contributed by atoms with Crippen LogP contribution in [0.3, 0.4) is 0 Å². The molecule has 1 aromatic carbocycles. The summed E-state index contributed by atoms with van der Waals surface area (Å²) in [7, 11) is -3.94. The van der Waals surface area contributed by atoms with E-state index in [2.05, 4.69) is 4.74 Å². The number of hydrogen-bond acceptors (Lipinski definition) is 4. The maximum absolute atomic E-state index is 11.7. The van der Waals surface area contributed by atoms with Gasteiger partial charge in [0.25, 0.3) is 0 Å². The molecule has 0 atom stereocenters. The third kappa shape index (κ3) is 3.49. The lowest BCUT2D eigenvalue weighted by Crippen LogP contribution is -2.15. The topological polar surface area (TPSA) is 93.2 Å². The highest BCUT2D eigenvalue weighted by Crippen LogP contribution is 2.18. The molecule has 0 aliphatic rings. The van der Waals surface area contributed by atoms with Crippen molar-refractivity contribution >= 4 is 10.0 Å². The van der Waals surface area contributed by atoms with Crippen molar-refractivity contribution in [3.8, 4) is 6.07 Å². The van der Waals surface area contributed by atoms with Gasteiger partial charge < -0.3 is 4.74 Å². The van der Waals surface area contributed by atoms with Gasteiger partial charge in [0.2, 0.25) is 10.0 Å². The molecule has 0 radical (unpaired) electrons. The third-order valence-electron chi connectivity index (χ3n) is 2.12. The van der Waals surface area contributed by atoms with Crippen molar-refractivity contribution in [2.75, 3.05) is 13.5 Å². The predicted octanol–water partition coefficient (Wildman–Crippen LogP) is 0.692. The highest BCUT2D eigenvalue weighted by Gasteiger charge is 2.16. The SMILES string of the molecule is N#Cc1c(CCOCF)cccc1S(N)(=O)=O. The number of benzene rings is 1. The number of nitrogens with two attached hydrogens (primary N) is 1. The normalized spacial score (nSPS) is 11.1. The fourth-order valence-electron chi connectivity index (χ4n) is 1.39. The van der Waals surface area contributed by atoms with Crippen LogP contribution in [-0.4, -0.2) is 21.9 Å². The van der Waals surface area contributed by atoms with Crippen LogP contribution in [0.2, 0.25) is 0 Å². The second kappa shape index (κ2) is 5.72. The van der Waals surface area contributed by atoms with Crippen molar-refractivity contribution in [2.24, 2.45) is 5.14 Å². The van der Waals surface area contributed by atoms with Crippen molar-refractivity contribution in [1.82, 2.24) is 0 Å². The molecule has 1 rings (SSSR count). The number of alkyl halides is 1. The van der Waals surface area contributed by atoms with Crippen LogP contribution < -0.4 is 5.14 Å². The molecule has 0 fully saturated rings. The summed E-state index contributed by atoms with van der Waals surface area (Å²) in [6.45, 7) is -0.851. The van der Waals surface area contributed by atoms with Crippen molar-refractivity contribution in [3.05, 3.63) is 29.3 Å². The standard InChI is InChI=1S/C10H11FN2O3S/c11-7-16-5-4-8-2-1-3-10(9(8)6-12)17(13,14)15/h1-3H,4-5,7H2,(H2,13,14,15). The first-order chi connectivity index (χ1) is 8.00. The monoisotopic (exact) mass is 258 g/mol. The van der Waals surface area contributed by atoms with E-state index in [1.54, 1.807) is 12.1 Å². The van der Waals surface area contributed by atoms with Gasteiger partial charge in [0.15, 0.2) is 6.86 Å². The van der Waals surface area contributed by atoms with Gasteiger partial charge in [0.05, 0.1) is 17.1 Å². The largest absolute Gasteiger partial charge is 0.350 e. The Morgan fingerprint density at radius 1 is 1.47 bits per heavy atom. The predicted molar refractivity (Wildman–Crippen MR) is 58.2 cm³/mol. The van der Waals surface area contributed by atoms with Crippen LogP contribution in [0, 0.1) is 11.3 Å². The minimum Gasteiger partial charge on any atom is -0.350 e. The fraction of sp³-hybridized carbons (Fsp3) is 0.300. The molecule has 0 saturated carbocycles. The summed E-state index contributed by atoms with van der Waals surface area (Å²) in [5, 5.41) is 13.9. The van der Waals surface area contributed by atoms with Gasteiger partial charge in [0, 0.05) is 0 Å². The molecule has 17 heavy (non-hydrogen) atoms. The van der Waals surface area contributed by atoms with E-state index >= 15 is 0 Å². The first-order valence-electron chi connectivity index (χ1n) is 4.69. The number of nitrogens with zero attached hydrogens (tertiary/aromatic N) is 1. The molecule has 0 bridgehead atoms. The van der Waals surface area contributed by atoms with Crippen molar-refractivity contribution in [1.29, 1.82) is 5.26 Å². The van der Waals surface area contributed by atoms with Gasteiger partial charge in [-0.1, -0.05) is 12.1 Å². The molecule has 0 spiro atoms. The first-order valence-corrected chi connectivity index (χ1v) is 6.24. The number of halogens is 1. The van der Waals surface area contributed by atoms with E-state index in [1.807, 2.05) is 0 Å². The summed E-state index contributed by atoms with van der Waals surface area (Å²) in [5.41, 5.74) is 0.449. The zero-order valence-electron chi connectivity index (χ0n) is 8.89. The van der Waals surface area contributed by atoms with Crippen LogP contribution in [0.4, 0.5) is 4.39 Å². The van der Waals surface area contributed by atoms with Crippen molar-refractivity contribution in [3.63, 3.8) is 0 Å². The molecule has 92 valence electrons. The Labute approximate surface area is 98.7 Å². The van der Waals surface area contributed by atoms with Gasteiger partial charge in [-0.3, -0.25) is 0 Å². The molecule has 0 aliphatic carbocycles. The van der Waals surface area contributed by atoms with Crippen LogP contribution in [0.15, 0.2) is 23.1 Å². The molecule has 1 aromatic rings. The van der Waals surface area contributed by atoms with Gasteiger partial charge in [0.1, 0.15) is 6.07 Å². The Hall–Kier alpha value is -1.49. The van der Waals surface area contributed by atoms with Crippen molar-refractivity contribution in [2.45, 2.75) is 11.3 Å². The average Bonchev–Trinajstić information content (AvgIpc) is 2.28. The molecule has 0 saturated heterocycles. The fourth-order valence-corrected chi connectivity index (χ4v) is 2.12. The summed E-state index contributed by atoms with van der Waals surface area (Å²) < 4.78 is 38.7. The molecule has 0 unspecified atom stereocenters. The summed E-state index contributed by atoms with van der Waals surface area (Å²) in [6, 6.07) is 6.10. The minimum absolute atomic E-state index is 0.0162. The Balaban J connectivity index is 3.12. The third-order valence-corrected chi connectivity index (χ3v) is 3.08. The summed E-state index contributed by atoms with van der Waals surface area (Å²) in [6.07, 6.45) is 0.246. The van der Waals surface area contributed by atoms with E-state index in [9.17, 15) is 12.8 Å². The lowest BCUT2D eigenvalue weighted by atomic mass is 10.1. The average molecular weight is 258 g/mol. The van der Waals surface area contributed by atoms with E-state index < -0.39 is 16.9 Å². The van der Waals surface area contributed by atoms with E-state index in [4.69, 9.17) is 10.4 Å². The Bertz CT molecular complexity index is 537. The first kappa shape index (κ1) is 13.6. The second-order valence-electron chi connectivity index (χ2n) is 3.21. The zero-order chi connectivity index (χ0) is 12.9. The van der Waals surface area contributed by atoms with E-state index in [0.29, 0.717) is 5.56 Å². The van der Waals surface area contributed by atoms with Gasteiger partial charge in [-0.2, -0.15) is 5.26 Å². The van der Waals surface area contributed by atoms with Gasteiger partial charge in [-0.25, -0.2) is 17.9 Å². The van der Waals surface area contributed by atoms with Crippen molar-refractivity contribution < 1.29 is 17.5 Å². The lowest BCUT2D eigenvalue weighted by molar-refractivity contribution is 0.0600. The highest BCUT2D eigenvalue weighted by atomic mass is 32.2. The number of sulfonamides is 1. The molecule has 0 heterocycles. The maximum Gasteiger partial charge on any atom is 0.239 e. The molecule has 2 N–H and O–H groups in total. The quantitative estimate of drug-likeness (QED) is 0.786. The van der Waals surface area contributed by atoms with Crippen LogP contribution in [0.1, 0.15) is 11.1 Å². The summed E-state index contributed by atoms with van der Waals surface area (Å²) in [5.74, 6) is 0. The molecular formula is C10H11FN2O3S. The molecule has 0 aliphatic heterocycles. The van der Waals surface area contributed by atoms with Gasteiger partial charge in [-0.15, -0.1) is 0 Å². The van der Waals surface area contributed by atoms with Crippen LogP contribution in [0.25, 0.3) is 0 Å². The van der Waals surface area contributed by atoms with Crippen LogP contribution >= 0.6 is 0 Å².